The van der Waals surface area contributed by atoms with Gasteiger partial charge < -0.3 is 15.4 Å². The highest BCUT2D eigenvalue weighted by Crippen LogP contribution is 2.26. The molecule has 0 spiro atoms. The van der Waals surface area contributed by atoms with E-state index in [9.17, 15) is 4.79 Å². The predicted octanol–water partition coefficient (Wildman–Crippen LogP) is 2.40. The number of carbonyl (C=O) groups excluding carboxylic acids is 1. The zero-order valence-corrected chi connectivity index (χ0v) is 12.3. The van der Waals surface area contributed by atoms with E-state index in [0.717, 1.165) is 30.6 Å². The highest BCUT2D eigenvalue weighted by Gasteiger charge is 2.23. The topological polar surface area (TPSA) is 50.4 Å². The van der Waals surface area contributed by atoms with Crippen molar-refractivity contribution < 1.29 is 9.53 Å². The van der Waals surface area contributed by atoms with Gasteiger partial charge >= 0.3 is 0 Å². The quantitative estimate of drug-likeness (QED) is 0.766. The van der Waals surface area contributed by atoms with Gasteiger partial charge in [-0.1, -0.05) is 25.1 Å². The fraction of sp³-hybridized carbons (Fsp3) is 0.562. The summed E-state index contributed by atoms with van der Waals surface area (Å²) in [4.78, 5) is 11.6. The largest absolute Gasteiger partial charge is 0.496 e. The highest BCUT2D eigenvalue weighted by molar-refractivity contribution is 5.76. The number of hydrogen-bond acceptors (Lipinski definition) is 3. The summed E-state index contributed by atoms with van der Waals surface area (Å²) in [6.45, 7) is 2.82. The molecule has 0 radical (unpaired) electrons. The third-order valence-electron chi connectivity index (χ3n) is 3.61. The van der Waals surface area contributed by atoms with E-state index in [1.165, 1.54) is 0 Å². The van der Waals surface area contributed by atoms with Crippen LogP contribution < -0.4 is 15.4 Å². The monoisotopic (exact) mass is 276 g/mol. The first-order valence-electron chi connectivity index (χ1n) is 7.40. The first kappa shape index (κ1) is 14.9. The second kappa shape index (κ2) is 7.29. The van der Waals surface area contributed by atoms with E-state index in [1.807, 2.05) is 18.2 Å². The van der Waals surface area contributed by atoms with Gasteiger partial charge in [0.2, 0.25) is 5.91 Å². The average molecular weight is 276 g/mol. The number of methoxy groups -OCH3 is 1. The zero-order chi connectivity index (χ0) is 14.4. The summed E-state index contributed by atoms with van der Waals surface area (Å²) in [5.41, 5.74) is 1.15. The van der Waals surface area contributed by atoms with Gasteiger partial charge in [0.05, 0.1) is 7.11 Å². The second-order valence-electron chi connectivity index (χ2n) is 5.25. The summed E-state index contributed by atoms with van der Waals surface area (Å²) >= 11 is 0. The second-order valence-corrected chi connectivity index (χ2v) is 5.25. The number of carbonyl (C=O) groups is 1. The van der Waals surface area contributed by atoms with Gasteiger partial charge in [-0.25, -0.2) is 0 Å². The van der Waals surface area contributed by atoms with Gasteiger partial charge in [-0.05, 0) is 25.3 Å². The summed E-state index contributed by atoms with van der Waals surface area (Å²) in [6, 6.07) is 8.70. The van der Waals surface area contributed by atoms with Crippen LogP contribution in [-0.4, -0.2) is 25.6 Å². The Bertz CT molecular complexity index is 444. The first-order valence-corrected chi connectivity index (χ1v) is 7.40. The van der Waals surface area contributed by atoms with Crippen LogP contribution in [0.5, 0.6) is 5.75 Å². The van der Waals surface area contributed by atoms with Crippen molar-refractivity contribution in [1.82, 2.24) is 10.6 Å². The molecule has 1 atom stereocenters. The zero-order valence-electron chi connectivity index (χ0n) is 12.3. The van der Waals surface area contributed by atoms with E-state index in [0.29, 0.717) is 19.0 Å². The highest BCUT2D eigenvalue weighted by atomic mass is 16.5. The van der Waals surface area contributed by atoms with E-state index in [4.69, 9.17) is 4.74 Å². The minimum absolute atomic E-state index is 0.148. The van der Waals surface area contributed by atoms with Crippen molar-refractivity contribution in [2.24, 2.45) is 0 Å². The molecule has 1 saturated carbocycles. The molecule has 1 unspecified atom stereocenters. The van der Waals surface area contributed by atoms with Gasteiger partial charge in [-0.15, -0.1) is 0 Å². The van der Waals surface area contributed by atoms with Gasteiger partial charge in [0.25, 0.3) is 0 Å². The van der Waals surface area contributed by atoms with E-state index < -0.39 is 0 Å². The molecule has 0 saturated heterocycles. The third-order valence-corrected chi connectivity index (χ3v) is 3.61. The van der Waals surface area contributed by atoms with E-state index >= 15 is 0 Å². The van der Waals surface area contributed by atoms with Crippen molar-refractivity contribution in [1.29, 1.82) is 0 Å². The minimum Gasteiger partial charge on any atom is -0.496 e. The Labute approximate surface area is 120 Å². The van der Waals surface area contributed by atoms with Crippen LogP contribution >= 0.6 is 0 Å². The lowest BCUT2D eigenvalue weighted by atomic mass is 10.0. The van der Waals surface area contributed by atoms with Gasteiger partial charge in [-0.3, -0.25) is 4.79 Å². The van der Waals surface area contributed by atoms with Gasteiger partial charge in [0.15, 0.2) is 0 Å². The van der Waals surface area contributed by atoms with Crippen molar-refractivity contribution in [2.75, 3.05) is 13.7 Å². The summed E-state index contributed by atoms with van der Waals surface area (Å²) in [7, 11) is 1.69. The van der Waals surface area contributed by atoms with E-state index in [2.05, 4.69) is 23.6 Å². The minimum atomic E-state index is 0.148. The van der Waals surface area contributed by atoms with Gasteiger partial charge in [0.1, 0.15) is 5.75 Å². The Morgan fingerprint density at radius 2 is 2.15 bits per heavy atom. The molecule has 4 nitrogen and oxygen atoms in total. The summed E-state index contributed by atoms with van der Waals surface area (Å²) in [5.74, 6) is 1.05. The van der Waals surface area contributed by atoms with Crippen LogP contribution in [0.3, 0.4) is 0 Å². The van der Waals surface area contributed by atoms with Crippen LogP contribution in [0.1, 0.15) is 44.2 Å². The molecule has 1 aliphatic carbocycles. The van der Waals surface area contributed by atoms with Crippen LogP contribution in [0.25, 0.3) is 0 Å². The Morgan fingerprint density at radius 3 is 2.80 bits per heavy atom. The number of nitrogens with one attached hydrogen (secondary N) is 2. The molecule has 4 heteroatoms. The van der Waals surface area contributed by atoms with Crippen LogP contribution in [0.2, 0.25) is 0 Å². The third kappa shape index (κ3) is 4.23. The fourth-order valence-corrected chi connectivity index (χ4v) is 2.32. The molecule has 0 aliphatic heterocycles. The van der Waals surface area contributed by atoms with Crippen LogP contribution in [0.15, 0.2) is 24.3 Å². The molecule has 1 fully saturated rings. The molecule has 0 aromatic heterocycles. The Morgan fingerprint density at radius 1 is 1.40 bits per heavy atom. The Kier molecular flexibility index (Phi) is 5.41. The van der Waals surface area contributed by atoms with Crippen molar-refractivity contribution >= 4 is 5.91 Å². The number of ether oxygens (including phenoxy) is 1. The van der Waals surface area contributed by atoms with Crippen molar-refractivity contribution in [2.45, 2.75) is 44.7 Å². The van der Waals surface area contributed by atoms with Gasteiger partial charge in [0, 0.05) is 30.6 Å². The van der Waals surface area contributed by atoms with Gasteiger partial charge in [-0.2, -0.15) is 0 Å². The predicted molar refractivity (Wildman–Crippen MR) is 79.8 cm³/mol. The SMILES string of the molecule is CCC(NCCC(=O)NC1CC1)c1ccccc1OC. The van der Waals surface area contributed by atoms with E-state index in [1.54, 1.807) is 7.11 Å². The molecule has 0 bridgehead atoms. The number of rotatable bonds is 8. The maximum Gasteiger partial charge on any atom is 0.221 e. The number of amides is 1. The van der Waals surface area contributed by atoms with E-state index in [-0.39, 0.29) is 11.9 Å². The first-order chi connectivity index (χ1) is 9.74. The Balaban J connectivity index is 1.83. The normalized spacial score (nSPS) is 15.7. The smallest absolute Gasteiger partial charge is 0.221 e. The summed E-state index contributed by atoms with van der Waals surface area (Å²) < 4.78 is 5.40. The number of para-hydroxylation sites is 1. The Hall–Kier alpha value is -1.55. The van der Waals surface area contributed by atoms with Crippen molar-refractivity contribution in [3.63, 3.8) is 0 Å². The molecule has 1 aromatic rings. The molecule has 1 aliphatic rings. The molecular weight excluding hydrogens is 252 g/mol. The summed E-state index contributed by atoms with van der Waals surface area (Å²) in [5, 5.41) is 6.45. The lowest BCUT2D eigenvalue weighted by Gasteiger charge is -2.19. The standard InChI is InChI=1S/C16H24N2O2/c1-3-14(13-6-4-5-7-15(13)20-2)17-11-10-16(19)18-12-8-9-12/h4-7,12,14,17H,3,8-11H2,1-2H3,(H,18,19). The number of benzene rings is 1. The molecule has 0 heterocycles. The van der Waals surface area contributed by atoms with Crippen molar-refractivity contribution in [3.8, 4) is 5.75 Å². The van der Waals surface area contributed by atoms with Crippen molar-refractivity contribution in [3.05, 3.63) is 29.8 Å². The van der Waals surface area contributed by atoms with Crippen LogP contribution in [0, 0.1) is 0 Å². The maximum absolute atomic E-state index is 11.6. The molecule has 2 N–H and O–H groups in total. The lowest BCUT2D eigenvalue weighted by molar-refractivity contribution is -0.121. The fourth-order valence-electron chi connectivity index (χ4n) is 2.32. The molecular formula is C16H24N2O2. The molecule has 1 aromatic carbocycles. The molecule has 20 heavy (non-hydrogen) atoms. The lowest BCUT2D eigenvalue weighted by Crippen LogP contribution is -2.30. The maximum atomic E-state index is 11.6. The number of hydrogen-bond donors (Lipinski definition) is 2. The van der Waals surface area contributed by atoms with Crippen LogP contribution in [0.4, 0.5) is 0 Å². The molecule has 110 valence electrons. The molecule has 2 rings (SSSR count). The summed E-state index contributed by atoms with van der Waals surface area (Å²) in [6.07, 6.45) is 3.77. The van der Waals surface area contributed by atoms with Crippen LogP contribution in [-0.2, 0) is 4.79 Å². The molecule has 1 amide bonds. The average Bonchev–Trinajstić information content (AvgIpc) is 3.27.